The summed E-state index contributed by atoms with van der Waals surface area (Å²) in [5.74, 6) is -0.439. The Morgan fingerprint density at radius 1 is 1.18 bits per heavy atom. The lowest BCUT2D eigenvalue weighted by atomic mass is 10.1. The highest BCUT2D eigenvalue weighted by molar-refractivity contribution is 7.20. The molecule has 33 heavy (non-hydrogen) atoms. The molecule has 172 valence electrons. The number of nitrogens with one attached hydrogen (secondary N) is 1. The first-order chi connectivity index (χ1) is 15.9. The number of ether oxygens (including phenoxy) is 1. The summed E-state index contributed by atoms with van der Waals surface area (Å²) >= 11 is 7.67. The van der Waals surface area contributed by atoms with Gasteiger partial charge in [-0.15, -0.1) is 11.3 Å². The third-order valence-corrected chi connectivity index (χ3v) is 7.23. The molecule has 2 amide bonds. The van der Waals surface area contributed by atoms with E-state index in [0.29, 0.717) is 47.6 Å². The Morgan fingerprint density at radius 3 is 2.52 bits per heavy atom. The number of morpholine rings is 1. The molecule has 1 aliphatic rings. The molecule has 1 aromatic carbocycles. The predicted molar refractivity (Wildman–Crippen MR) is 132 cm³/mol. The minimum Gasteiger partial charge on any atom is -0.378 e. The summed E-state index contributed by atoms with van der Waals surface area (Å²) in [5, 5.41) is 8.17. The van der Waals surface area contributed by atoms with Crippen molar-refractivity contribution >= 4 is 45.8 Å². The maximum absolute atomic E-state index is 13.4. The quantitative estimate of drug-likeness (QED) is 0.539. The molecule has 3 aromatic rings. The summed E-state index contributed by atoms with van der Waals surface area (Å²) in [7, 11) is 1.75. The Bertz CT molecular complexity index is 1210. The monoisotopic (exact) mass is 484 g/mol. The molecule has 0 radical (unpaired) electrons. The molecular weight excluding hydrogens is 460 g/mol. The van der Waals surface area contributed by atoms with Gasteiger partial charge in [0.25, 0.3) is 5.91 Å². The first-order valence-corrected chi connectivity index (χ1v) is 11.8. The predicted octanol–water partition coefficient (Wildman–Crippen LogP) is 4.54. The summed E-state index contributed by atoms with van der Waals surface area (Å²) in [5.41, 5.74) is 3.80. The number of hydrogen-bond donors (Lipinski definition) is 1. The summed E-state index contributed by atoms with van der Waals surface area (Å²) in [4.78, 5) is 29.0. The number of amides is 2. The number of hydrogen-bond acceptors (Lipinski definition) is 5. The van der Waals surface area contributed by atoms with E-state index in [4.69, 9.17) is 16.3 Å². The van der Waals surface area contributed by atoms with E-state index in [1.54, 1.807) is 22.7 Å². The first kappa shape index (κ1) is 23.2. The highest BCUT2D eigenvalue weighted by atomic mass is 35.5. The van der Waals surface area contributed by atoms with Gasteiger partial charge in [-0.3, -0.25) is 14.3 Å². The van der Waals surface area contributed by atoms with Crippen molar-refractivity contribution in [2.45, 2.75) is 13.8 Å². The van der Waals surface area contributed by atoms with Crippen molar-refractivity contribution in [3.8, 4) is 10.4 Å². The van der Waals surface area contributed by atoms with Gasteiger partial charge in [-0.25, -0.2) is 0 Å². The van der Waals surface area contributed by atoms with Crippen LogP contribution in [0, 0.1) is 13.8 Å². The van der Waals surface area contributed by atoms with Crippen molar-refractivity contribution in [2.24, 2.45) is 7.05 Å². The lowest BCUT2D eigenvalue weighted by Crippen LogP contribution is -2.41. The standard InChI is InChI=1S/C24H25ClN4O3S/c1-15-20(24(31)29-11-13-32-14-12-29)23(33-21(15)17-7-5-4-6-8-17)26-19(30)10-9-18-16(2)27-28(3)22(18)25/h4-10H,11-14H2,1-3H3,(H,26,30)/b10-9+. The largest absolute Gasteiger partial charge is 0.378 e. The average molecular weight is 485 g/mol. The molecule has 1 fully saturated rings. The SMILES string of the molecule is Cc1nn(C)c(Cl)c1/C=C/C(=O)Nc1sc(-c2ccccc2)c(C)c1C(=O)N1CCOCC1. The number of aromatic nitrogens is 2. The first-order valence-electron chi connectivity index (χ1n) is 10.6. The molecule has 9 heteroatoms. The van der Waals surface area contributed by atoms with Gasteiger partial charge in [0.2, 0.25) is 5.91 Å². The van der Waals surface area contributed by atoms with Crippen molar-refractivity contribution < 1.29 is 14.3 Å². The third kappa shape index (κ3) is 4.88. The third-order valence-electron chi connectivity index (χ3n) is 5.53. The highest BCUT2D eigenvalue weighted by Crippen LogP contribution is 2.40. The van der Waals surface area contributed by atoms with Crippen LogP contribution in [0.15, 0.2) is 36.4 Å². The van der Waals surface area contributed by atoms with Gasteiger partial charge in [0.15, 0.2) is 0 Å². The highest BCUT2D eigenvalue weighted by Gasteiger charge is 2.27. The van der Waals surface area contributed by atoms with Gasteiger partial charge in [0.1, 0.15) is 10.2 Å². The van der Waals surface area contributed by atoms with Gasteiger partial charge < -0.3 is 15.0 Å². The zero-order valence-corrected chi connectivity index (χ0v) is 20.3. The minimum absolute atomic E-state index is 0.0975. The lowest BCUT2D eigenvalue weighted by molar-refractivity contribution is -0.111. The molecule has 1 saturated heterocycles. The van der Waals surface area contributed by atoms with Crippen LogP contribution in [0.4, 0.5) is 5.00 Å². The van der Waals surface area contributed by atoms with Crippen molar-refractivity contribution in [1.82, 2.24) is 14.7 Å². The topological polar surface area (TPSA) is 76.5 Å². The Hall–Kier alpha value is -2.94. The van der Waals surface area contributed by atoms with Crippen LogP contribution in [-0.4, -0.2) is 52.8 Å². The van der Waals surface area contributed by atoms with Crippen LogP contribution >= 0.6 is 22.9 Å². The molecule has 1 N–H and O–H groups in total. The summed E-state index contributed by atoms with van der Waals surface area (Å²) < 4.78 is 6.95. The fourth-order valence-corrected chi connectivity index (χ4v) is 5.24. The number of halogens is 1. The maximum Gasteiger partial charge on any atom is 0.257 e. The van der Waals surface area contributed by atoms with E-state index in [1.807, 2.05) is 44.2 Å². The van der Waals surface area contributed by atoms with E-state index in [2.05, 4.69) is 10.4 Å². The Morgan fingerprint density at radius 2 is 1.88 bits per heavy atom. The van der Waals surface area contributed by atoms with Crippen LogP contribution in [0.5, 0.6) is 0 Å². The molecule has 0 bridgehead atoms. The normalized spacial score (nSPS) is 14.1. The zero-order chi connectivity index (χ0) is 23.5. The fraction of sp³-hybridized carbons (Fsp3) is 0.292. The minimum atomic E-state index is -0.341. The summed E-state index contributed by atoms with van der Waals surface area (Å²) in [6.45, 7) is 5.84. The fourth-order valence-electron chi connectivity index (χ4n) is 3.80. The number of carbonyl (C=O) groups is 2. The molecule has 2 aromatic heterocycles. The van der Waals surface area contributed by atoms with Crippen LogP contribution in [0.25, 0.3) is 16.5 Å². The van der Waals surface area contributed by atoms with Gasteiger partial charge >= 0.3 is 0 Å². The van der Waals surface area contributed by atoms with Gasteiger partial charge in [-0.2, -0.15) is 5.10 Å². The Kier molecular flexibility index (Phi) is 6.97. The van der Waals surface area contributed by atoms with Crippen molar-refractivity contribution in [3.63, 3.8) is 0 Å². The molecule has 4 rings (SSSR count). The summed E-state index contributed by atoms with van der Waals surface area (Å²) in [6.07, 6.45) is 3.05. The molecule has 1 aliphatic heterocycles. The second-order valence-electron chi connectivity index (χ2n) is 7.77. The number of carbonyl (C=O) groups excluding carboxylic acids is 2. The number of anilines is 1. The van der Waals surface area contributed by atoms with E-state index in [0.717, 1.165) is 21.7 Å². The van der Waals surface area contributed by atoms with Crippen molar-refractivity contribution in [1.29, 1.82) is 0 Å². The van der Waals surface area contributed by atoms with Crippen molar-refractivity contribution in [2.75, 3.05) is 31.6 Å². The van der Waals surface area contributed by atoms with Crippen LogP contribution in [0.1, 0.15) is 27.2 Å². The lowest BCUT2D eigenvalue weighted by Gasteiger charge is -2.27. The molecule has 0 aliphatic carbocycles. The molecule has 0 atom stereocenters. The number of rotatable bonds is 5. The van der Waals surface area contributed by atoms with E-state index < -0.39 is 0 Å². The van der Waals surface area contributed by atoms with E-state index in [-0.39, 0.29) is 11.8 Å². The molecule has 0 spiro atoms. The second-order valence-corrected chi connectivity index (χ2v) is 9.15. The van der Waals surface area contributed by atoms with E-state index in [1.165, 1.54) is 17.4 Å². The second kappa shape index (κ2) is 9.91. The summed E-state index contributed by atoms with van der Waals surface area (Å²) in [6, 6.07) is 9.87. The van der Waals surface area contributed by atoms with E-state index >= 15 is 0 Å². The van der Waals surface area contributed by atoms with Gasteiger partial charge in [-0.1, -0.05) is 41.9 Å². The number of aryl methyl sites for hydroxylation is 2. The number of nitrogens with zero attached hydrogens (tertiary/aromatic N) is 3. The molecule has 7 nitrogen and oxygen atoms in total. The van der Waals surface area contributed by atoms with Crippen molar-refractivity contribution in [3.05, 3.63) is 63.9 Å². The average Bonchev–Trinajstić information content (AvgIpc) is 3.27. The van der Waals surface area contributed by atoms with Crippen LogP contribution < -0.4 is 5.32 Å². The van der Waals surface area contributed by atoms with Gasteiger partial charge in [0.05, 0.1) is 24.5 Å². The van der Waals surface area contributed by atoms with Crippen LogP contribution in [0.2, 0.25) is 5.15 Å². The van der Waals surface area contributed by atoms with Crippen LogP contribution in [-0.2, 0) is 16.6 Å². The molecule has 0 saturated carbocycles. The van der Waals surface area contributed by atoms with Gasteiger partial charge in [0, 0.05) is 36.7 Å². The number of benzene rings is 1. The Balaban J connectivity index is 1.66. The Labute approximate surface area is 201 Å². The van der Waals surface area contributed by atoms with Crippen LogP contribution in [0.3, 0.4) is 0 Å². The van der Waals surface area contributed by atoms with Gasteiger partial charge in [-0.05, 0) is 31.1 Å². The maximum atomic E-state index is 13.4. The smallest absolute Gasteiger partial charge is 0.257 e. The molecule has 0 unspecified atom stereocenters. The van der Waals surface area contributed by atoms with E-state index in [9.17, 15) is 9.59 Å². The zero-order valence-electron chi connectivity index (χ0n) is 18.7. The number of thiophene rings is 1. The molecule has 3 heterocycles. The molecular formula is C24H25ClN4O3S.